The third-order valence-corrected chi connectivity index (χ3v) is 2.53. The van der Waals surface area contributed by atoms with Gasteiger partial charge in [-0.2, -0.15) is 0 Å². The predicted molar refractivity (Wildman–Crippen MR) is 57.1 cm³/mol. The van der Waals surface area contributed by atoms with Gasteiger partial charge in [-0.15, -0.1) is 0 Å². The lowest BCUT2D eigenvalue weighted by atomic mass is 10.1. The van der Waals surface area contributed by atoms with E-state index in [0.717, 1.165) is 0 Å². The molecule has 0 saturated heterocycles. The molecule has 0 fully saturated rings. The Balaban J connectivity index is 2.38. The van der Waals surface area contributed by atoms with Crippen LogP contribution >= 0.6 is 0 Å². The highest BCUT2D eigenvalue weighted by molar-refractivity contribution is 5.93. The van der Waals surface area contributed by atoms with Crippen LogP contribution < -0.4 is 9.64 Å². The fourth-order valence-corrected chi connectivity index (χ4v) is 1.83. The van der Waals surface area contributed by atoms with Crippen molar-refractivity contribution in [3.8, 4) is 5.75 Å². The Morgan fingerprint density at radius 2 is 2.29 bits per heavy atom. The van der Waals surface area contributed by atoms with Crippen LogP contribution in [0, 0.1) is 0 Å². The first kappa shape index (κ1) is 11.6. The van der Waals surface area contributed by atoms with E-state index in [2.05, 4.69) is 0 Å². The van der Waals surface area contributed by atoms with E-state index in [1.54, 1.807) is 6.07 Å². The lowest BCUT2D eigenvalue weighted by molar-refractivity contribution is 0.0692. The maximum atomic E-state index is 12.4. The molecule has 1 N–H and O–H groups in total. The number of fused-ring (bicyclic) bond motifs is 1. The van der Waals surface area contributed by atoms with E-state index in [4.69, 9.17) is 9.84 Å². The molecule has 0 aliphatic carbocycles. The Morgan fingerprint density at radius 1 is 1.53 bits per heavy atom. The van der Waals surface area contributed by atoms with Crippen LogP contribution in [0.5, 0.6) is 5.75 Å². The third-order valence-electron chi connectivity index (χ3n) is 2.53. The molecular formula is C11H11F2NO3. The van der Waals surface area contributed by atoms with Crippen LogP contribution in [0.15, 0.2) is 18.2 Å². The lowest BCUT2D eigenvalue weighted by Gasteiger charge is -2.31. The number of para-hydroxylation sites is 1. The maximum absolute atomic E-state index is 12.4. The Morgan fingerprint density at radius 3 is 2.94 bits per heavy atom. The van der Waals surface area contributed by atoms with Crippen molar-refractivity contribution in [2.45, 2.75) is 6.43 Å². The SMILES string of the molecule is O=C(O)c1cccc2c1OCCN2CC(F)F. The lowest BCUT2D eigenvalue weighted by Crippen LogP contribution is -2.36. The standard InChI is InChI=1S/C11H11F2NO3/c12-9(13)6-14-4-5-17-10-7(11(15)16)2-1-3-8(10)14/h1-3,9H,4-6H2,(H,15,16). The number of halogens is 2. The molecule has 0 radical (unpaired) electrons. The number of carbonyl (C=O) groups is 1. The fraction of sp³-hybridized carbons (Fsp3) is 0.364. The maximum Gasteiger partial charge on any atom is 0.339 e. The Labute approximate surface area is 96.4 Å². The molecule has 92 valence electrons. The highest BCUT2D eigenvalue weighted by atomic mass is 19.3. The number of hydrogen-bond acceptors (Lipinski definition) is 3. The number of ether oxygens (including phenoxy) is 1. The Hall–Kier alpha value is -1.85. The average Bonchev–Trinajstić information content (AvgIpc) is 2.28. The number of alkyl halides is 2. The molecule has 1 heterocycles. The van der Waals surface area contributed by atoms with Crippen LogP contribution in [0.1, 0.15) is 10.4 Å². The number of rotatable bonds is 3. The summed E-state index contributed by atoms with van der Waals surface area (Å²) < 4.78 is 30.0. The minimum Gasteiger partial charge on any atom is -0.489 e. The van der Waals surface area contributed by atoms with Gasteiger partial charge in [-0.1, -0.05) is 6.07 Å². The minimum atomic E-state index is -2.46. The highest BCUT2D eigenvalue weighted by Gasteiger charge is 2.25. The number of nitrogens with zero attached hydrogens (tertiary/aromatic N) is 1. The van der Waals surface area contributed by atoms with Crippen LogP contribution in [0.25, 0.3) is 0 Å². The number of carboxylic acids is 1. The number of hydrogen-bond donors (Lipinski definition) is 1. The van der Waals surface area contributed by atoms with E-state index in [0.29, 0.717) is 12.2 Å². The molecular weight excluding hydrogens is 232 g/mol. The van der Waals surface area contributed by atoms with Gasteiger partial charge in [-0.25, -0.2) is 13.6 Å². The van der Waals surface area contributed by atoms with E-state index < -0.39 is 18.9 Å². The first-order chi connectivity index (χ1) is 8.09. The summed E-state index contributed by atoms with van der Waals surface area (Å²) in [5, 5.41) is 8.96. The summed E-state index contributed by atoms with van der Waals surface area (Å²) in [5.74, 6) is -0.951. The zero-order chi connectivity index (χ0) is 12.4. The average molecular weight is 243 g/mol. The zero-order valence-corrected chi connectivity index (χ0v) is 8.90. The van der Waals surface area contributed by atoms with Crippen LogP contribution in [0.2, 0.25) is 0 Å². The predicted octanol–water partition coefficient (Wildman–Crippen LogP) is 1.85. The number of benzene rings is 1. The number of aromatic carboxylic acids is 1. The number of carboxylic acid groups (broad SMARTS) is 1. The first-order valence-electron chi connectivity index (χ1n) is 5.12. The smallest absolute Gasteiger partial charge is 0.339 e. The topological polar surface area (TPSA) is 49.8 Å². The molecule has 2 rings (SSSR count). The second kappa shape index (κ2) is 4.57. The summed E-state index contributed by atoms with van der Waals surface area (Å²) in [7, 11) is 0. The molecule has 17 heavy (non-hydrogen) atoms. The second-order valence-corrected chi connectivity index (χ2v) is 3.64. The van der Waals surface area contributed by atoms with Gasteiger partial charge in [0.05, 0.1) is 18.8 Å². The zero-order valence-electron chi connectivity index (χ0n) is 8.90. The largest absolute Gasteiger partial charge is 0.489 e. The second-order valence-electron chi connectivity index (χ2n) is 3.64. The van der Waals surface area contributed by atoms with Gasteiger partial charge in [-0.05, 0) is 12.1 Å². The molecule has 1 aliphatic rings. The Bertz CT molecular complexity index is 437. The van der Waals surface area contributed by atoms with Crippen molar-refractivity contribution in [3.05, 3.63) is 23.8 Å². The fourth-order valence-electron chi connectivity index (χ4n) is 1.83. The van der Waals surface area contributed by atoms with Crippen LogP contribution in [0.3, 0.4) is 0 Å². The van der Waals surface area contributed by atoms with Crippen molar-refractivity contribution in [1.29, 1.82) is 0 Å². The van der Waals surface area contributed by atoms with Crippen molar-refractivity contribution >= 4 is 11.7 Å². The van der Waals surface area contributed by atoms with E-state index in [9.17, 15) is 13.6 Å². The summed E-state index contributed by atoms with van der Waals surface area (Å²) in [4.78, 5) is 12.4. The van der Waals surface area contributed by atoms with Gasteiger partial charge in [-0.3, -0.25) is 0 Å². The van der Waals surface area contributed by atoms with Gasteiger partial charge >= 0.3 is 5.97 Å². The highest BCUT2D eigenvalue weighted by Crippen LogP contribution is 2.35. The summed E-state index contributed by atoms with van der Waals surface area (Å²) >= 11 is 0. The molecule has 1 aromatic carbocycles. The summed E-state index contributed by atoms with van der Waals surface area (Å²) in [6.45, 7) is 0.129. The minimum absolute atomic E-state index is 0.00136. The molecule has 6 heteroatoms. The summed E-state index contributed by atoms with van der Waals surface area (Å²) in [5.41, 5.74) is 0.415. The van der Waals surface area contributed by atoms with Crippen LogP contribution in [-0.2, 0) is 0 Å². The molecule has 1 aliphatic heterocycles. The van der Waals surface area contributed by atoms with Gasteiger partial charge in [0.25, 0.3) is 6.43 Å². The van der Waals surface area contributed by atoms with Crippen molar-refractivity contribution in [3.63, 3.8) is 0 Å². The van der Waals surface area contributed by atoms with Gasteiger partial charge in [0, 0.05) is 0 Å². The first-order valence-corrected chi connectivity index (χ1v) is 5.12. The summed E-state index contributed by atoms with van der Waals surface area (Å²) in [6.07, 6.45) is -2.46. The molecule has 0 atom stereocenters. The normalized spacial score (nSPS) is 14.4. The molecule has 0 aromatic heterocycles. The molecule has 0 saturated carbocycles. The molecule has 0 bridgehead atoms. The van der Waals surface area contributed by atoms with Crippen molar-refractivity contribution in [1.82, 2.24) is 0 Å². The molecule has 0 amide bonds. The van der Waals surface area contributed by atoms with E-state index in [1.807, 2.05) is 0 Å². The van der Waals surface area contributed by atoms with Crippen molar-refractivity contribution in [2.75, 3.05) is 24.6 Å². The van der Waals surface area contributed by atoms with Gasteiger partial charge < -0.3 is 14.7 Å². The van der Waals surface area contributed by atoms with Gasteiger partial charge in [0.15, 0.2) is 5.75 Å². The Kier molecular flexibility index (Phi) is 3.12. The third kappa shape index (κ3) is 2.30. The van der Waals surface area contributed by atoms with Crippen LogP contribution in [0.4, 0.5) is 14.5 Å². The molecule has 4 nitrogen and oxygen atoms in total. The monoisotopic (exact) mass is 243 g/mol. The van der Waals surface area contributed by atoms with Gasteiger partial charge in [0.1, 0.15) is 12.2 Å². The number of anilines is 1. The van der Waals surface area contributed by atoms with Crippen LogP contribution in [-0.4, -0.2) is 37.2 Å². The van der Waals surface area contributed by atoms with Crippen molar-refractivity contribution < 1.29 is 23.4 Å². The van der Waals surface area contributed by atoms with E-state index in [1.165, 1.54) is 17.0 Å². The quantitative estimate of drug-likeness (QED) is 0.880. The van der Waals surface area contributed by atoms with Crippen molar-refractivity contribution in [2.24, 2.45) is 0 Å². The molecule has 1 aromatic rings. The van der Waals surface area contributed by atoms with Gasteiger partial charge in [0.2, 0.25) is 0 Å². The summed E-state index contributed by atoms with van der Waals surface area (Å²) in [6, 6.07) is 4.51. The van der Waals surface area contributed by atoms with E-state index in [-0.39, 0.29) is 17.9 Å². The molecule has 0 unspecified atom stereocenters. The van der Waals surface area contributed by atoms with E-state index >= 15 is 0 Å². The molecule has 0 spiro atoms.